The Kier molecular flexibility index (Phi) is 2.26. The monoisotopic (exact) mass is 187 g/mol. The van der Waals surface area contributed by atoms with Crippen LogP contribution in [0.2, 0.25) is 0 Å². The number of nitriles is 1. The van der Waals surface area contributed by atoms with Crippen molar-refractivity contribution in [1.29, 1.82) is 5.26 Å². The van der Waals surface area contributed by atoms with Crippen LogP contribution in [0.4, 0.5) is 0 Å². The second kappa shape index (κ2) is 3.43. The highest BCUT2D eigenvalue weighted by Gasteiger charge is 2.55. The minimum absolute atomic E-state index is 0.267. The van der Waals surface area contributed by atoms with E-state index in [2.05, 4.69) is 6.07 Å². The Morgan fingerprint density at radius 2 is 2.21 bits per heavy atom. The van der Waals surface area contributed by atoms with Crippen LogP contribution in [0.5, 0.6) is 0 Å². The fourth-order valence-electron chi connectivity index (χ4n) is 2.02. The average Bonchev–Trinajstić information content (AvgIpc) is 2.95. The van der Waals surface area contributed by atoms with Gasteiger partial charge in [0.15, 0.2) is 0 Å². The van der Waals surface area contributed by atoms with Crippen molar-refractivity contribution in [3.8, 4) is 6.07 Å². The number of benzene rings is 1. The third-order valence-electron chi connectivity index (χ3n) is 2.96. The van der Waals surface area contributed by atoms with Gasteiger partial charge in [-0.05, 0) is 12.0 Å². The van der Waals surface area contributed by atoms with Crippen LogP contribution >= 0.6 is 0 Å². The van der Waals surface area contributed by atoms with Crippen LogP contribution in [0.15, 0.2) is 30.3 Å². The first-order chi connectivity index (χ1) is 6.83. The van der Waals surface area contributed by atoms with E-state index in [1.165, 1.54) is 0 Å². The molecular formula is C12H13NO. The summed E-state index contributed by atoms with van der Waals surface area (Å²) in [5, 5.41) is 9.20. The number of hydrogen-bond acceptors (Lipinski definition) is 2. The molecule has 0 bridgehead atoms. The molecule has 1 aliphatic carbocycles. The highest BCUT2D eigenvalue weighted by atomic mass is 16.5. The zero-order valence-electron chi connectivity index (χ0n) is 8.23. The van der Waals surface area contributed by atoms with Crippen molar-refractivity contribution in [1.82, 2.24) is 0 Å². The maximum atomic E-state index is 9.20. The Balaban J connectivity index is 2.22. The third kappa shape index (κ3) is 1.30. The van der Waals surface area contributed by atoms with Crippen LogP contribution in [-0.4, -0.2) is 13.7 Å². The normalized spacial score (nSPS) is 29.6. The van der Waals surface area contributed by atoms with Crippen molar-refractivity contribution < 1.29 is 4.74 Å². The molecule has 1 saturated carbocycles. The van der Waals surface area contributed by atoms with Gasteiger partial charge in [0.1, 0.15) is 0 Å². The van der Waals surface area contributed by atoms with E-state index in [0.717, 1.165) is 12.0 Å². The smallest absolute Gasteiger partial charge is 0.0877 e. The lowest BCUT2D eigenvalue weighted by molar-refractivity contribution is 0.181. The van der Waals surface area contributed by atoms with Gasteiger partial charge in [0.2, 0.25) is 0 Å². The zero-order valence-corrected chi connectivity index (χ0v) is 8.23. The Hall–Kier alpha value is -1.33. The molecule has 72 valence electrons. The Morgan fingerprint density at radius 3 is 2.79 bits per heavy atom. The minimum atomic E-state index is -0.267. The van der Waals surface area contributed by atoms with Crippen LogP contribution < -0.4 is 0 Å². The van der Waals surface area contributed by atoms with Crippen molar-refractivity contribution in [3.05, 3.63) is 35.9 Å². The topological polar surface area (TPSA) is 33.0 Å². The third-order valence-corrected chi connectivity index (χ3v) is 2.96. The molecule has 2 nitrogen and oxygen atoms in total. The molecule has 0 heterocycles. The van der Waals surface area contributed by atoms with E-state index in [0.29, 0.717) is 12.5 Å². The molecule has 0 radical (unpaired) electrons. The van der Waals surface area contributed by atoms with Gasteiger partial charge in [-0.3, -0.25) is 0 Å². The van der Waals surface area contributed by atoms with Crippen LogP contribution in [-0.2, 0) is 10.2 Å². The zero-order chi connectivity index (χ0) is 10.0. The second-order valence-corrected chi connectivity index (χ2v) is 3.81. The molecule has 0 amide bonds. The Morgan fingerprint density at radius 1 is 1.50 bits per heavy atom. The maximum Gasteiger partial charge on any atom is 0.0877 e. The molecule has 0 spiro atoms. The van der Waals surface area contributed by atoms with Gasteiger partial charge in [0.25, 0.3) is 0 Å². The van der Waals surface area contributed by atoms with Crippen molar-refractivity contribution in [2.45, 2.75) is 11.8 Å². The fourth-order valence-corrected chi connectivity index (χ4v) is 2.02. The van der Waals surface area contributed by atoms with E-state index >= 15 is 0 Å². The molecule has 2 atom stereocenters. The summed E-state index contributed by atoms with van der Waals surface area (Å²) in [5.41, 5.74) is 0.863. The SMILES string of the molecule is COC[C@H]1C[C@]1(C#N)c1ccccc1. The van der Waals surface area contributed by atoms with E-state index in [1.807, 2.05) is 30.3 Å². The van der Waals surface area contributed by atoms with Gasteiger partial charge in [-0.15, -0.1) is 0 Å². The van der Waals surface area contributed by atoms with Crippen LogP contribution in [0, 0.1) is 17.2 Å². The second-order valence-electron chi connectivity index (χ2n) is 3.81. The van der Waals surface area contributed by atoms with E-state index in [4.69, 9.17) is 4.74 Å². The molecule has 1 aliphatic rings. The van der Waals surface area contributed by atoms with Gasteiger partial charge >= 0.3 is 0 Å². The van der Waals surface area contributed by atoms with Crippen molar-refractivity contribution in [2.24, 2.45) is 5.92 Å². The molecule has 1 aromatic rings. The van der Waals surface area contributed by atoms with E-state index < -0.39 is 0 Å². The van der Waals surface area contributed by atoms with Crippen LogP contribution in [0.3, 0.4) is 0 Å². The van der Waals surface area contributed by atoms with Gasteiger partial charge < -0.3 is 4.74 Å². The van der Waals surface area contributed by atoms with Gasteiger partial charge in [-0.1, -0.05) is 30.3 Å². The maximum absolute atomic E-state index is 9.20. The van der Waals surface area contributed by atoms with Crippen molar-refractivity contribution in [2.75, 3.05) is 13.7 Å². The Labute approximate surface area is 84.1 Å². The number of ether oxygens (including phenoxy) is 1. The fraction of sp³-hybridized carbons (Fsp3) is 0.417. The number of methoxy groups -OCH3 is 1. The predicted octanol–water partition coefficient (Wildman–Crippen LogP) is 2.11. The summed E-state index contributed by atoms with van der Waals surface area (Å²) in [6, 6.07) is 12.4. The predicted molar refractivity (Wildman–Crippen MR) is 53.7 cm³/mol. The molecule has 2 rings (SSSR count). The van der Waals surface area contributed by atoms with Crippen LogP contribution in [0.1, 0.15) is 12.0 Å². The van der Waals surface area contributed by atoms with E-state index in [-0.39, 0.29) is 5.41 Å². The van der Waals surface area contributed by atoms with Crippen molar-refractivity contribution in [3.63, 3.8) is 0 Å². The standard InChI is InChI=1S/C12H13NO/c1-14-8-11-7-12(11,9-13)10-5-3-2-4-6-10/h2-6,11H,7-8H2,1H3/t11-,12+/m1/s1. The van der Waals surface area contributed by atoms with Crippen molar-refractivity contribution >= 4 is 0 Å². The first-order valence-corrected chi connectivity index (χ1v) is 4.79. The summed E-state index contributed by atoms with van der Waals surface area (Å²) in [6.07, 6.45) is 0.932. The summed E-state index contributed by atoms with van der Waals surface area (Å²) in [4.78, 5) is 0. The molecule has 1 fully saturated rings. The lowest BCUT2D eigenvalue weighted by Gasteiger charge is -2.07. The molecular weight excluding hydrogens is 174 g/mol. The molecule has 0 N–H and O–H groups in total. The molecule has 14 heavy (non-hydrogen) atoms. The van der Waals surface area contributed by atoms with E-state index in [1.54, 1.807) is 7.11 Å². The van der Waals surface area contributed by atoms with Gasteiger partial charge in [0.05, 0.1) is 18.1 Å². The first-order valence-electron chi connectivity index (χ1n) is 4.79. The summed E-state index contributed by atoms with van der Waals surface area (Å²) in [6.45, 7) is 0.683. The molecule has 1 aromatic carbocycles. The quantitative estimate of drug-likeness (QED) is 0.726. The Bertz CT molecular complexity index is 354. The summed E-state index contributed by atoms with van der Waals surface area (Å²) >= 11 is 0. The highest BCUT2D eigenvalue weighted by molar-refractivity contribution is 5.41. The number of rotatable bonds is 3. The van der Waals surface area contributed by atoms with Gasteiger partial charge in [-0.2, -0.15) is 5.26 Å². The summed E-state index contributed by atoms with van der Waals surface area (Å²) in [7, 11) is 1.69. The largest absolute Gasteiger partial charge is 0.384 e. The van der Waals surface area contributed by atoms with Crippen LogP contribution in [0.25, 0.3) is 0 Å². The molecule has 0 aliphatic heterocycles. The molecule has 0 aromatic heterocycles. The first kappa shape index (κ1) is 9.23. The summed E-state index contributed by atoms with van der Waals surface area (Å²) in [5.74, 6) is 0.375. The lowest BCUT2D eigenvalue weighted by atomic mass is 9.95. The molecule has 0 saturated heterocycles. The van der Waals surface area contributed by atoms with Gasteiger partial charge in [0, 0.05) is 13.0 Å². The van der Waals surface area contributed by atoms with Gasteiger partial charge in [-0.25, -0.2) is 0 Å². The lowest BCUT2D eigenvalue weighted by Crippen LogP contribution is -2.09. The number of hydrogen-bond donors (Lipinski definition) is 0. The van der Waals surface area contributed by atoms with E-state index in [9.17, 15) is 5.26 Å². The highest BCUT2D eigenvalue weighted by Crippen LogP contribution is 2.53. The molecule has 0 unspecified atom stereocenters. The number of nitrogens with zero attached hydrogens (tertiary/aromatic N) is 1. The minimum Gasteiger partial charge on any atom is -0.384 e. The molecule has 2 heteroatoms. The summed E-state index contributed by atoms with van der Waals surface area (Å²) < 4.78 is 5.09. The average molecular weight is 187 g/mol.